The van der Waals surface area contributed by atoms with E-state index < -0.39 is 0 Å². The number of nitrogens with two attached hydrogens (primary N) is 1. The number of hydrogen-bond donors (Lipinski definition) is 3. The molecule has 1 aromatic rings. The molecule has 1 amide bonds. The molecule has 0 atom stereocenters. The molecule has 0 unspecified atom stereocenters. The van der Waals surface area contributed by atoms with Crippen LogP contribution in [0.2, 0.25) is 0 Å². The maximum absolute atomic E-state index is 11.4. The van der Waals surface area contributed by atoms with Gasteiger partial charge in [0.1, 0.15) is 5.75 Å². The number of nitrogens with one attached hydrogen (secondary N) is 1. The molecule has 1 saturated carbocycles. The van der Waals surface area contributed by atoms with E-state index in [2.05, 4.69) is 5.43 Å². The van der Waals surface area contributed by atoms with Crippen molar-refractivity contribution < 1.29 is 9.90 Å². The van der Waals surface area contributed by atoms with E-state index in [1.165, 1.54) is 19.3 Å². The van der Waals surface area contributed by atoms with Crippen LogP contribution in [0.15, 0.2) is 18.2 Å². The van der Waals surface area contributed by atoms with E-state index in [0.29, 0.717) is 11.5 Å². The summed E-state index contributed by atoms with van der Waals surface area (Å²) in [6, 6.07) is 4.92. The van der Waals surface area contributed by atoms with Crippen LogP contribution in [0.1, 0.15) is 53.9 Å². The smallest absolute Gasteiger partial charge is 0.265 e. The van der Waals surface area contributed by atoms with Gasteiger partial charge in [0.15, 0.2) is 0 Å². The van der Waals surface area contributed by atoms with Crippen molar-refractivity contribution in [3.63, 3.8) is 0 Å². The van der Waals surface area contributed by atoms with E-state index in [1.54, 1.807) is 18.2 Å². The van der Waals surface area contributed by atoms with Crippen LogP contribution in [0, 0.1) is 0 Å². The summed E-state index contributed by atoms with van der Waals surface area (Å²) in [6.07, 6.45) is 5.82. The summed E-state index contributed by atoms with van der Waals surface area (Å²) >= 11 is 0. The summed E-state index contributed by atoms with van der Waals surface area (Å²) in [5.74, 6) is 5.44. The molecule has 0 aliphatic heterocycles. The first-order valence-corrected chi connectivity index (χ1v) is 6.06. The zero-order chi connectivity index (χ0) is 12.3. The van der Waals surface area contributed by atoms with Gasteiger partial charge in [-0.2, -0.15) is 0 Å². The molecule has 2 rings (SSSR count). The molecule has 0 saturated heterocycles. The lowest BCUT2D eigenvalue weighted by Gasteiger charge is -2.23. The van der Waals surface area contributed by atoms with Crippen LogP contribution in [0.5, 0.6) is 5.75 Å². The Bertz CT molecular complexity index is 412. The number of nitrogen functional groups attached to an aromatic ring is 1. The first-order valence-electron chi connectivity index (χ1n) is 6.06. The number of carbonyl (C=O) groups excluding carboxylic acids is 1. The standard InChI is InChI=1S/C13H18N2O2/c14-15-13(17)10-6-7-12(16)11(8-10)9-4-2-1-3-5-9/h6-9,16H,1-5,14H2,(H,15,17). The number of hydrazine groups is 1. The second kappa shape index (κ2) is 5.19. The number of carbonyl (C=O) groups is 1. The van der Waals surface area contributed by atoms with Gasteiger partial charge in [-0.15, -0.1) is 0 Å². The number of amides is 1. The van der Waals surface area contributed by atoms with Crippen LogP contribution in [-0.4, -0.2) is 11.0 Å². The SMILES string of the molecule is NNC(=O)c1ccc(O)c(C2CCCCC2)c1. The highest BCUT2D eigenvalue weighted by Crippen LogP contribution is 2.37. The molecule has 0 heterocycles. The lowest BCUT2D eigenvalue weighted by Crippen LogP contribution is -2.30. The quantitative estimate of drug-likeness (QED) is 0.416. The highest BCUT2D eigenvalue weighted by Gasteiger charge is 2.19. The minimum atomic E-state index is -0.318. The number of phenolic OH excluding ortho intramolecular Hbond substituents is 1. The Balaban J connectivity index is 2.28. The molecule has 92 valence electrons. The number of hydrogen-bond acceptors (Lipinski definition) is 3. The molecule has 0 radical (unpaired) electrons. The number of aromatic hydroxyl groups is 1. The van der Waals surface area contributed by atoms with Crippen molar-refractivity contribution in [3.8, 4) is 5.75 Å². The van der Waals surface area contributed by atoms with Crippen molar-refractivity contribution in [2.75, 3.05) is 0 Å². The Morgan fingerprint density at radius 2 is 2.00 bits per heavy atom. The fraction of sp³-hybridized carbons (Fsp3) is 0.462. The fourth-order valence-corrected chi connectivity index (χ4v) is 2.52. The van der Waals surface area contributed by atoms with E-state index in [-0.39, 0.29) is 11.7 Å². The van der Waals surface area contributed by atoms with Crippen LogP contribution in [-0.2, 0) is 0 Å². The summed E-state index contributed by atoms with van der Waals surface area (Å²) in [5, 5.41) is 9.88. The van der Waals surface area contributed by atoms with Crippen LogP contribution in [0.25, 0.3) is 0 Å². The van der Waals surface area contributed by atoms with Crippen LogP contribution in [0.4, 0.5) is 0 Å². The summed E-state index contributed by atoms with van der Waals surface area (Å²) in [5.41, 5.74) is 3.50. The molecule has 1 aromatic carbocycles. The van der Waals surface area contributed by atoms with Crippen molar-refractivity contribution >= 4 is 5.91 Å². The van der Waals surface area contributed by atoms with Crippen molar-refractivity contribution in [1.29, 1.82) is 0 Å². The normalized spacial score (nSPS) is 16.8. The maximum atomic E-state index is 11.4. The van der Waals surface area contributed by atoms with E-state index in [1.807, 2.05) is 0 Å². The molecule has 1 aliphatic carbocycles. The van der Waals surface area contributed by atoms with Gasteiger partial charge in [-0.25, -0.2) is 5.84 Å². The molecule has 0 aromatic heterocycles. The van der Waals surface area contributed by atoms with E-state index in [0.717, 1.165) is 18.4 Å². The Morgan fingerprint density at radius 3 is 2.65 bits per heavy atom. The second-order valence-electron chi connectivity index (χ2n) is 4.58. The van der Waals surface area contributed by atoms with Gasteiger partial charge >= 0.3 is 0 Å². The summed E-state index contributed by atoms with van der Waals surface area (Å²) in [7, 11) is 0. The molecule has 1 fully saturated rings. The molecule has 1 aliphatic rings. The van der Waals surface area contributed by atoms with Crippen molar-refractivity contribution in [2.24, 2.45) is 5.84 Å². The van der Waals surface area contributed by atoms with Crippen LogP contribution < -0.4 is 11.3 Å². The third-order valence-electron chi connectivity index (χ3n) is 3.47. The predicted molar refractivity (Wildman–Crippen MR) is 65.6 cm³/mol. The number of phenols is 1. The zero-order valence-electron chi connectivity index (χ0n) is 9.78. The first-order chi connectivity index (χ1) is 8.22. The third kappa shape index (κ3) is 2.58. The van der Waals surface area contributed by atoms with Crippen LogP contribution >= 0.6 is 0 Å². The average Bonchev–Trinajstić information content (AvgIpc) is 2.39. The lowest BCUT2D eigenvalue weighted by atomic mass is 9.83. The Kier molecular flexibility index (Phi) is 3.64. The van der Waals surface area contributed by atoms with Crippen molar-refractivity contribution in [1.82, 2.24) is 5.43 Å². The molecule has 4 N–H and O–H groups in total. The monoisotopic (exact) mass is 234 g/mol. The highest BCUT2D eigenvalue weighted by atomic mass is 16.3. The summed E-state index contributed by atoms with van der Waals surface area (Å²) in [6.45, 7) is 0. The van der Waals surface area contributed by atoms with Gasteiger partial charge in [0.05, 0.1) is 0 Å². The van der Waals surface area contributed by atoms with Gasteiger partial charge < -0.3 is 5.11 Å². The fourth-order valence-electron chi connectivity index (χ4n) is 2.52. The van der Waals surface area contributed by atoms with Crippen LogP contribution in [0.3, 0.4) is 0 Å². The molecule has 17 heavy (non-hydrogen) atoms. The minimum absolute atomic E-state index is 0.283. The molecule has 4 heteroatoms. The molecular formula is C13H18N2O2. The minimum Gasteiger partial charge on any atom is -0.508 e. The highest BCUT2D eigenvalue weighted by molar-refractivity contribution is 5.94. The molecular weight excluding hydrogens is 216 g/mol. The first kappa shape index (κ1) is 11.9. The summed E-state index contributed by atoms with van der Waals surface area (Å²) in [4.78, 5) is 11.4. The van der Waals surface area contributed by atoms with Gasteiger partial charge in [-0.3, -0.25) is 10.2 Å². The van der Waals surface area contributed by atoms with E-state index >= 15 is 0 Å². The maximum Gasteiger partial charge on any atom is 0.265 e. The zero-order valence-corrected chi connectivity index (χ0v) is 9.78. The average molecular weight is 234 g/mol. The Hall–Kier alpha value is -1.55. The van der Waals surface area contributed by atoms with Gasteiger partial charge in [-0.05, 0) is 42.5 Å². The molecule has 4 nitrogen and oxygen atoms in total. The van der Waals surface area contributed by atoms with Crippen molar-refractivity contribution in [2.45, 2.75) is 38.0 Å². The molecule has 0 spiro atoms. The number of benzene rings is 1. The van der Waals surface area contributed by atoms with E-state index in [9.17, 15) is 9.90 Å². The van der Waals surface area contributed by atoms with E-state index in [4.69, 9.17) is 5.84 Å². The topological polar surface area (TPSA) is 75.3 Å². The predicted octanol–water partition coefficient (Wildman–Crippen LogP) is 2.04. The second-order valence-corrected chi connectivity index (χ2v) is 4.58. The Morgan fingerprint density at radius 1 is 1.29 bits per heavy atom. The largest absolute Gasteiger partial charge is 0.508 e. The van der Waals surface area contributed by atoms with Gasteiger partial charge in [0.2, 0.25) is 0 Å². The number of rotatable bonds is 2. The Labute approximate surface area is 101 Å². The summed E-state index contributed by atoms with van der Waals surface area (Å²) < 4.78 is 0. The lowest BCUT2D eigenvalue weighted by molar-refractivity contribution is 0.0953. The van der Waals surface area contributed by atoms with Gasteiger partial charge in [0.25, 0.3) is 5.91 Å². The van der Waals surface area contributed by atoms with Crippen molar-refractivity contribution in [3.05, 3.63) is 29.3 Å². The third-order valence-corrected chi connectivity index (χ3v) is 3.47. The molecule has 0 bridgehead atoms. The van der Waals surface area contributed by atoms with Gasteiger partial charge in [-0.1, -0.05) is 19.3 Å². The van der Waals surface area contributed by atoms with Gasteiger partial charge in [0, 0.05) is 5.56 Å².